The van der Waals surface area contributed by atoms with Crippen molar-refractivity contribution >= 4 is 44.8 Å². The molecule has 0 aliphatic heterocycles. The molecule has 0 spiro atoms. The van der Waals surface area contributed by atoms with Crippen LogP contribution >= 0.6 is 39.1 Å². The third kappa shape index (κ3) is 3.37. The highest BCUT2D eigenvalue weighted by Gasteiger charge is 2.10. The second-order valence-electron chi connectivity index (χ2n) is 3.90. The molecule has 2 rings (SSSR count). The molecule has 0 saturated heterocycles. The molecule has 0 aliphatic rings. The van der Waals surface area contributed by atoms with Crippen molar-refractivity contribution in [1.82, 2.24) is 4.98 Å². The van der Waals surface area contributed by atoms with Gasteiger partial charge in [0.25, 0.3) is 0 Å². The third-order valence-electron chi connectivity index (χ3n) is 2.54. The normalized spacial score (nSPS) is 12.2. The summed E-state index contributed by atoms with van der Waals surface area (Å²) in [5.74, 6) is 0. The van der Waals surface area contributed by atoms with Gasteiger partial charge < -0.3 is 5.32 Å². The van der Waals surface area contributed by atoms with Gasteiger partial charge >= 0.3 is 0 Å². The number of nitrogens with one attached hydrogen (secondary N) is 1. The maximum Gasteiger partial charge on any atom is 0.106 e. The summed E-state index contributed by atoms with van der Waals surface area (Å²) in [5.41, 5.74) is 1.95. The van der Waals surface area contributed by atoms with E-state index in [2.05, 4.69) is 26.2 Å². The Balaban J connectivity index is 2.16. The Kier molecular flexibility index (Phi) is 4.49. The van der Waals surface area contributed by atoms with Crippen molar-refractivity contribution in [2.45, 2.75) is 13.0 Å². The topological polar surface area (TPSA) is 24.9 Å². The van der Waals surface area contributed by atoms with E-state index in [1.54, 1.807) is 12.3 Å². The maximum atomic E-state index is 6.17. The first-order chi connectivity index (χ1) is 8.56. The van der Waals surface area contributed by atoms with E-state index in [0.717, 1.165) is 15.9 Å². The first kappa shape index (κ1) is 13.7. The van der Waals surface area contributed by atoms with Gasteiger partial charge in [0.2, 0.25) is 0 Å². The van der Waals surface area contributed by atoms with Crippen molar-refractivity contribution in [3.63, 3.8) is 0 Å². The number of hydrogen-bond acceptors (Lipinski definition) is 2. The monoisotopic (exact) mass is 344 g/mol. The van der Waals surface area contributed by atoms with Crippen LogP contribution < -0.4 is 5.32 Å². The van der Waals surface area contributed by atoms with Gasteiger partial charge in [-0.25, -0.2) is 4.98 Å². The van der Waals surface area contributed by atoms with Gasteiger partial charge in [0.1, 0.15) is 4.60 Å². The zero-order chi connectivity index (χ0) is 13.1. The molecule has 1 aromatic carbocycles. The van der Waals surface area contributed by atoms with Crippen LogP contribution in [0.1, 0.15) is 18.5 Å². The van der Waals surface area contributed by atoms with E-state index in [9.17, 15) is 0 Å². The summed E-state index contributed by atoms with van der Waals surface area (Å²) in [5, 5.41) is 4.63. The molecule has 5 heteroatoms. The molecule has 0 bridgehead atoms. The molecule has 0 aliphatic carbocycles. The fraction of sp³-hybridized carbons (Fsp3) is 0.154. The Morgan fingerprint density at radius 1 is 1.22 bits per heavy atom. The van der Waals surface area contributed by atoms with E-state index in [1.165, 1.54) is 0 Å². The molecule has 1 unspecified atom stereocenters. The minimum absolute atomic E-state index is 0.0812. The SMILES string of the molecule is CC(Nc1ccc(Br)nc1)c1ccc(Cl)cc1Cl. The van der Waals surface area contributed by atoms with Crippen LogP contribution in [0.4, 0.5) is 5.69 Å². The molecule has 0 saturated carbocycles. The van der Waals surface area contributed by atoms with Crippen LogP contribution in [0.15, 0.2) is 41.1 Å². The molecular weight excluding hydrogens is 335 g/mol. The van der Waals surface area contributed by atoms with E-state index in [0.29, 0.717) is 10.0 Å². The Morgan fingerprint density at radius 2 is 2.00 bits per heavy atom. The first-order valence-electron chi connectivity index (χ1n) is 5.39. The molecule has 0 amide bonds. The second-order valence-corrected chi connectivity index (χ2v) is 5.56. The Hall–Kier alpha value is -0.770. The Morgan fingerprint density at radius 3 is 2.61 bits per heavy atom. The molecule has 1 atom stereocenters. The number of benzene rings is 1. The van der Waals surface area contributed by atoms with Gasteiger partial charge in [-0.3, -0.25) is 0 Å². The lowest BCUT2D eigenvalue weighted by Gasteiger charge is -2.17. The summed E-state index contributed by atoms with van der Waals surface area (Å²) in [7, 11) is 0. The average molecular weight is 346 g/mol. The highest BCUT2D eigenvalue weighted by atomic mass is 79.9. The number of halogens is 3. The summed E-state index contributed by atoms with van der Waals surface area (Å²) < 4.78 is 0.810. The number of aromatic nitrogens is 1. The van der Waals surface area contributed by atoms with E-state index in [4.69, 9.17) is 23.2 Å². The van der Waals surface area contributed by atoms with Crippen LogP contribution in [-0.2, 0) is 0 Å². The fourth-order valence-electron chi connectivity index (χ4n) is 1.64. The summed E-state index contributed by atoms with van der Waals surface area (Å²) >= 11 is 15.3. The van der Waals surface area contributed by atoms with Gasteiger partial charge in [-0.2, -0.15) is 0 Å². The molecular formula is C13H11BrCl2N2. The average Bonchev–Trinajstić information content (AvgIpc) is 2.32. The van der Waals surface area contributed by atoms with E-state index in [1.807, 2.05) is 31.2 Å². The maximum absolute atomic E-state index is 6.17. The standard InChI is InChI=1S/C13H11BrCl2N2/c1-8(11-4-2-9(15)6-12(11)16)18-10-3-5-13(14)17-7-10/h2-8,18H,1H3. The molecule has 18 heavy (non-hydrogen) atoms. The summed E-state index contributed by atoms with van der Waals surface area (Å²) in [6, 6.07) is 9.43. The minimum Gasteiger partial charge on any atom is -0.377 e. The number of pyridine rings is 1. The number of rotatable bonds is 3. The summed E-state index contributed by atoms with van der Waals surface area (Å²) in [4.78, 5) is 4.16. The van der Waals surface area contributed by atoms with Crippen molar-refractivity contribution < 1.29 is 0 Å². The molecule has 2 nitrogen and oxygen atoms in total. The molecule has 1 N–H and O–H groups in total. The Bertz CT molecular complexity index is 543. The number of anilines is 1. The van der Waals surface area contributed by atoms with Crippen molar-refractivity contribution in [3.05, 3.63) is 56.7 Å². The van der Waals surface area contributed by atoms with Gasteiger partial charge in [-0.05, 0) is 52.7 Å². The second kappa shape index (κ2) is 5.91. The minimum atomic E-state index is 0.0812. The van der Waals surface area contributed by atoms with Crippen molar-refractivity contribution in [2.24, 2.45) is 0 Å². The Labute approximate surface area is 124 Å². The highest BCUT2D eigenvalue weighted by molar-refractivity contribution is 9.10. The molecule has 1 heterocycles. The van der Waals surface area contributed by atoms with E-state index in [-0.39, 0.29) is 6.04 Å². The van der Waals surface area contributed by atoms with Crippen LogP contribution in [0, 0.1) is 0 Å². The molecule has 0 fully saturated rings. The predicted octanol–water partition coefficient (Wildman–Crippen LogP) is 5.32. The number of nitrogens with zero attached hydrogens (tertiary/aromatic N) is 1. The molecule has 1 aromatic heterocycles. The fourth-order valence-corrected chi connectivity index (χ4v) is 2.45. The molecule has 94 valence electrons. The van der Waals surface area contributed by atoms with Gasteiger partial charge in [0.05, 0.1) is 17.9 Å². The van der Waals surface area contributed by atoms with Crippen LogP contribution in [0.2, 0.25) is 10.0 Å². The van der Waals surface area contributed by atoms with E-state index >= 15 is 0 Å². The lowest BCUT2D eigenvalue weighted by Crippen LogP contribution is -2.07. The third-order valence-corrected chi connectivity index (χ3v) is 3.57. The van der Waals surface area contributed by atoms with Crippen LogP contribution in [0.25, 0.3) is 0 Å². The largest absolute Gasteiger partial charge is 0.377 e. The molecule has 0 radical (unpaired) electrons. The first-order valence-corrected chi connectivity index (χ1v) is 6.94. The summed E-state index contributed by atoms with van der Waals surface area (Å²) in [6.07, 6.45) is 1.77. The van der Waals surface area contributed by atoms with Crippen molar-refractivity contribution in [1.29, 1.82) is 0 Å². The van der Waals surface area contributed by atoms with Gasteiger partial charge in [-0.1, -0.05) is 29.3 Å². The zero-order valence-corrected chi connectivity index (χ0v) is 12.7. The zero-order valence-electron chi connectivity index (χ0n) is 9.62. The van der Waals surface area contributed by atoms with Crippen LogP contribution in [0.3, 0.4) is 0 Å². The number of hydrogen-bond donors (Lipinski definition) is 1. The lowest BCUT2D eigenvalue weighted by molar-refractivity contribution is 0.883. The quantitative estimate of drug-likeness (QED) is 0.761. The van der Waals surface area contributed by atoms with Gasteiger partial charge in [0, 0.05) is 10.0 Å². The van der Waals surface area contributed by atoms with Crippen molar-refractivity contribution in [3.8, 4) is 0 Å². The van der Waals surface area contributed by atoms with Crippen LogP contribution in [-0.4, -0.2) is 4.98 Å². The highest BCUT2D eigenvalue weighted by Crippen LogP contribution is 2.28. The molecule has 2 aromatic rings. The summed E-state index contributed by atoms with van der Waals surface area (Å²) in [6.45, 7) is 2.04. The van der Waals surface area contributed by atoms with Crippen molar-refractivity contribution in [2.75, 3.05) is 5.32 Å². The smallest absolute Gasteiger partial charge is 0.106 e. The lowest BCUT2D eigenvalue weighted by atomic mass is 10.1. The van der Waals surface area contributed by atoms with E-state index < -0.39 is 0 Å². The predicted molar refractivity (Wildman–Crippen MR) is 80.4 cm³/mol. The van der Waals surface area contributed by atoms with Gasteiger partial charge in [-0.15, -0.1) is 0 Å². The van der Waals surface area contributed by atoms with Gasteiger partial charge in [0.15, 0.2) is 0 Å². The van der Waals surface area contributed by atoms with Crippen LogP contribution in [0.5, 0.6) is 0 Å².